The monoisotopic (exact) mass is 304 g/mol. The number of carbonyl (C=O) groups is 2. The fourth-order valence-corrected chi connectivity index (χ4v) is 2.36. The van der Waals surface area contributed by atoms with Crippen molar-refractivity contribution in [2.75, 3.05) is 6.61 Å². The van der Waals surface area contributed by atoms with Gasteiger partial charge in [-0.2, -0.15) is 0 Å². The molecule has 5 nitrogen and oxygen atoms in total. The van der Waals surface area contributed by atoms with Crippen molar-refractivity contribution in [3.63, 3.8) is 0 Å². The van der Waals surface area contributed by atoms with Crippen LogP contribution in [0.1, 0.15) is 25.3 Å². The van der Waals surface area contributed by atoms with E-state index in [9.17, 15) is 14.0 Å². The van der Waals surface area contributed by atoms with Crippen LogP contribution >= 0.6 is 0 Å². The SMILES string of the molecule is CCOC(=O)CCC1(Cc2cccc(F)c2)N=CC=NC1=O. The summed E-state index contributed by atoms with van der Waals surface area (Å²) in [5.41, 5.74) is -0.540. The van der Waals surface area contributed by atoms with Crippen molar-refractivity contribution in [2.45, 2.75) is 31.7 Å². The number of amides is 1. The zero-order chi connectivity index (χ0) is 16.0. The third kappa shape index (κ3) is 3.84. The topological polar surface area (TPSA) is 68.1 Å². The Morgan fingerprint density at radius 3 is 2.86 bits per heavy atom. The summed E-state index contributed by atoms with van der Waals surface area (Å²) in [6.07, 6.45) is 3.18. The number of halogens is 1. The molecule has 0 radical (unpaired) electrons. The van der Waals surface area contributed by atoms with E-state index in [1.165, 1.54) is 24.6 Å². The normalized spacial score (nSPS) is 20.2. The molecule has 1 aromatic carbocycles. The van der Waals surface area contributed by atoms with Gasteiger partial charge in [-0.05, 0) is 31.0 Å². The van der Waals surface area contributed by atoms with Gasteiger partial charge in [0.1, 0.15) is 11.4 Å². The maximum absolute atomic E-state index is 13.3. The summed E-state index contributed by atoms with van der Waals surface area (Å²) >= 11 is 0. The van der Waals surface area contributed by atoms with Gasteiger partial charge in [-0.3, -0.25) is 14.6 Å². The summed E-state index contributed by atoms with van der Waals surface area (Å²) in [5, 5.41) is 0. The number of nitrogens with zero attached hydrogens (tertiary/aromatic N) is 2. The van der Waals surface area contributed by atoms with Crippen LogP contribution in [0, 0.1) is 5.82 Å². The van der Waals surface area contributed by atoms with Crippen LogP contribution in [0.5, 0.6) is 0 Å². The zero-order valence-corrected chi connectivity index (χ0v) is 12.3. The van der Waals surface area contributed by atoms with E-state index >= 15 is 0 Å². The Kier molecular flexibility index (Phi) is 5.14. The summed E-state index contributed by atoms with van der Waals surface area (Å²) in [6, 6.07) is 5.98. The van der Waals surface area contributed by atoms with Gasteiger partial charge >= 0.3 is 5.97 Å². The molecular weight excluding hydrogens is 287 g/mol. The number of ether oxygens (including phenoxy) is 1. The minimum atomic E-state index is -1.17. The van der Waals surface area contributed by atoms with Crippen LogP contribution in [0.25, 0.3) is 0 Å². The van der Waals surface area contributed by atoms with Gasteiger partial charge in [0.2, 0.25) is 0 Å². The first kappa shape index (κ1) is 16.0. The largest absolute Gasteiger partial charge is 0.466 e. The van der Waals surface area contributed by atoms with E-state index in [1.54, 1.807) is 19.1 Å². The number of esters is 1. The highest BCUT2D eigenvalue weighted by Gasteiger charge is 2.39. The van der Waals surface area contributed by atoms with E-state index in [2.05, 4.69) is 9.98 Å². The summed E-state index contributed by atoms with van der Waals surface area (Å²) in [6.45, 7) is 2.00. The number of carbonyl (C=O) groups excluding carboxylic acids is 2. The molecule has 1 aliphatic heterocycles. The van der Waals surface area contributed by atoms with Gasteiger partial charge in [0.25, 0.3) is 5.91 Å². The van der Waals surface area contributed by atoms with Crippen molar-refractivity contribution in [2.24, 2.45) is 9.98 Å². The molecule has 0 saturated heterocycles. The number of aliphatic imine (C=N–C) groups is 2. The summed E-state index contributed by atoms with van der Waals surface area (Å²) in [4.78, 5) is 31.8. The minimum absolute atomic E-state index is 0.0573. The Balaban J connectivity index is 2.19. The van der Waals surface area contributed by atoms with Gasteiger partial charge < -0.3 is 4.74 Å². The number of rotatable bonds is 6. The van der Waals surface area contributed by atoms with E-state index in [4.69, 9.17) is 4.74 Å². The van der Waals surface area contributed by atoms with Crippen LogP contribution in [-0.4, -0.2) is 36.5 Å². The Morgan fingerprint density at radius 1 is 1.36 bits per heavy atom. The minimum Gasteiger partial charge on any atom is -0.466 e. The summed E-state index contributed by atoms with van der Waals surface area (Å²) in [7, 11) is 0. The third-order valence-corrected chi connectivity index (χ3v) is 3.41. The molecule has 1 heterocycles. The van der Waals surface area contributed by atoms with Gasteiger partial charge in [0.15, 0.2) is 0 Å². The predicted octanol–water partition coefficient (Wildman–Crippen LogP) is 2.13. The fraction of sp³-hybridized carbons (Fsp3) is 0.375. The van der Waals surface area contributed by atoms with Gasteiger partial charge in [0, 0.05) is 25.3 Å². The molecule has 22 heavy (non-hydrogen) atoms. The molecule has 1 aromatic rings. The van der Waals surface area contributed by atoms with Crippen LogP contribution in [0.2, 0.25) is 0 Å². The van der Waals surface area contributed by atoms with Crippen molar-refractivity contribution in [1.82, 2.24) is 0 Å². The highest BCUT2D eigenvalue weighted by Crippen LogP contribution is 2.27. The van der Waals surface area contributed by atoms with Crippen LogP contribution in [0.4, 0.5) is 4.39 Å². The van der Waals surface area contributed by atoms with Crippen molar-refractivity contribution < 1.29 is 18.7 Å². The summed E-state index contributed by atoms with van der Waals surface area (Å²) in [5.74, 6) is -1.20. The molecule has 0 fully saturated rings. The van der Waals surface area contributed by atoms with E-state index < -0.39 is 17.4 Å². The molecule has 0 N–H and O–H groups in total. The van der Waals surface area contributed by atoms with Crippen molar-refractivity contribution in [3.8, 4) is 0 Å². The molecule has 0 bridgehead atoms. The number of hydrogen-bond acceptors (Lipinski definition) is 4. The lowest BCUT2D eigenvalue weighted by Crippen LogP contribution is -2.41. The molecule has 6 heteroatoms. The molecular formula is C16H17FN2O3. The first-order valence-corrected chi connectivity index (χ1v) is 7.08. The van der Waals surface area contributed by atoms with Crippen molar-refractivity contribution >= 4 is 24.3 Å². The molecule has 0 saturated carbocycles. The highest BCUT2D eigenvalue weighted by atomic mass is 19.1. The average molecular weight is 304 g/mol. The first-order valence-electron chi connectivity index (χ1n) is 7.08. The average Bonchev–Trinajstić information content (AvgIpc) is 2.48. The van der Waals surface area contributed by atoms with Gasteiger partial charge in [0.05, 0.1) is 6.61 Å². The maximum atomic E-state index is 13.3. The zero-order valence-electron chi connectivity index (χ0n) is 12.3. The van der Waals surface area contributed by atoms with Crippen LogP contribution in [0.15, 0.2) is 34.3 Å². The second-order valence-electron chi connectivity index (χ2n) is 5.00. The lowest BCUT2D eigenvalue weighted by Gasteiger charge is -2.27. The molecule has 1 atom stereocenters. The highest BCUT2D eigenvalue weighted by molar-refractivity contribution is 6.22. The number of benzene rings is 1. The first-order chi connectivity index (χ1) is 10.6. The second-order valence-corrected chi connectivity index (χ2v) is 5.00. The Labute approximate surface area is 127 Å². The van der Waals surface area contributed by atoms with Crippen LogP contribution in [-0.2, 0) is 20.7 Å². The Bertz CT molecular complexity index is 628. The molecule has 0 aromatic heterocycles. The van der Waals surface area contributed by atoms with Gasteiger partial charge in [-0.1, -0.05) is 12.1 Å². The maximum Gasteiger partial charge on any atom is 0.305 e. The van der Waals surface area contributed by atoms with Crippen molar-refractivity contribution in [1.29, 1.82) is 0 Å². The Hall–Kier alpha value is -2.37. The van der Waals surface area contributed by atoms with Gasteiger partial charge in [-0.15, -0.1) is 0 Å². The molecule has 0 spiro atoms. The second kappa shape index (κ2) is 7.06. The molecule has 1 unspecified atom stereocenters. The lowest BCUT2D eigenvalue weighted by molar-refractivity contribution is -0.143. The summed E-state index contributed by atoms with van der Waals surface area (Å²) < 4.78 is 18.2. The quantitative estimate of drug-likeness (QED) is 0.756. The smallest absolute Gasteiger partial charge is 0.305 e. The van der Waals surface area contributed by atoms with E-state index in [1.807, 2.05) is 0 Å². The molecule has 0 aliphatic carbocycles. The van der Waals surface area contributed by atoms with E-state index in [0.29, 0.717) is 5.56 Å². The van der Waals surface area contributed by atoms with Crippen molar-refractivity contribution in [3.05, 3.63) is 35.6 Å². The third-order valence-electron chi connectivity index (χ3n) is 3.41. The standard InChI is InChI=1S/C16H17FN2O3/c1-2-22-14(20)6-7-16(15(21)18-8-9-19-16)11-12-4-3-5-13(17)10-12/h3-5,8-10H,2,6-7,11H2,1H3. The van der Waals surface area contributed by atoms with Gasteiger partial charge in [-0.25, -0.2) is 9.38 Å². The molecule has 1 amide bonds. The van der Waals surface area contributed by atoms with E-state index in [-0.39, 0.29) is 31.7 Å². The fourth-order valence-electron chi connectivity index (χ4n) is 2.36. The molecule has 2 rings (SSSR count). The predicted molar refractivity (Wildman–Crippen MR) is 80.7 cm³/mol. The van der Waals surface area contributed by atoms with Crippen LogP contribution < -0.4 is 0 Å². The van der Waals surface area contributed by atoms with Crippen LogP contribution in [0.3, 0.4) is 0 Å². The lowest BCUT2D eigenvalue weighted by atomic mass is 9.85. The molecule has 116 valence electrons. The number of hydrogen-bond donors (Lipinski definition) is 0. The van der Waals surface area contributed by atoms with E-state index in [0.717, 1.165) is 0 Å². The Morgan fingerprint density at radius 2 is 2.18 bits per heavy atom. The molecule has 1 aliphatic rings.